The van der Waals surface area contributed by atoms with E-state index in [0.717, 1.165) is 22.4 Å². The number of nitrogens with one attached hydrogen (secondary N) is 1. The lowest BCUT2D eigenvalue weighted by atomic mass is 10.0. The molecule has 0 fully saturated rings. The molecule has 3 aromatic rings. The molecule has 1 unspecified atom stereocenters. The predicted molar refractivity (Wildman–Crippen MR) is 137 cm³/mol. The van der Waals surface area contributed by atoms with Crippen LogP contribution in [0.3, 0.4) is 0 Å². The highest BCUT2D eigenvalue weighted by molar-refractivity contribution is 7.15. The Morgan fingerprint density at radius 3 is 2.26 bits per heavy atom. The summed E-state index contributed by atoms with van der Waals surface area (Å²) in [6.45, 7) is 9.86. The highest BCUT2D eigenvalue weighted by Gasteiger charge is 2.25. The number of carbonyl (C=O) groups is 2. The Hall–Kier alpha value is -3.03. The minimum Gasteiger partial charge on any atom is -0.494 e. The van der Waals surface area contributed by atoms with E-state index in [2.05, 4.69) is 5.32 Å². The van der Waals surface area contributed by atoms with E-state index in [4.69, 9.17) is 25.8 Å². The average molecular weight is 502 g/mol. The van der Waals surface area contributed by atoms with Gasteiger partial charge in [0.05, 0.1) is 13.2 Å². The molecule has 0 aliphatic heterocycles. The molecule has 1 amide bonds. The number of thiophene rings is 1. The summed E-state index contributed by atoms with van der Waals surface area (Å²) in [5, 5.41) is 5.74. The van der Waals surface area contributed by atoms with E-state index in [1.807, 2.05) is 50.4 Å². The number of benzene rings is 2. The van der Waals surface area contributed by atoms with Crippen molar-refractivity contribution in [2.45, 2.75) is 40.7 Å². The first-order valence-corrected chi connectivity index (χ1v) is 12.3. The SMILES string of the molecule is CCOC(=O)c1c(-c2ccc(OCC)cc2)csc1NC(=O)C(C)Oc1cc(C)c(Cl)c(C)c1. The maximum absolute atomic E-state index is 12.9. The smallest absolute Gasteiger partial charge is 0.341 e. The van der Waals surface area contributed by atoms with E-state index in [9.17, 15) is 9.59 Å². The third-order valence-corrected chi connectivity index (χ3v) is 6.57. The molecule has 180 valence electrons. The number of anilines is 1. The summed E-state index contributed by atoms with van der Waals surface area (Å²) in [4.78, 5) is 25.7. The average Bonchev–Trinajstić information content (AvgIpc) is 3.21. The molecule has 0 aliphatic carbocycles. The maximum Gasteiger partial charge on any atom is 0.341 e. The molecule has 0 saturated heterocycles. The van der Waals surface area contributed by atoms with E-state index >= 15 is 0 Å². The second-order valence-electron chi connectivity index (χ2n) is 7.65. The van der Waals surface area contributed by atoms with E-state index in [1.54, 1.807) is 26.0 Å². The van der Waals surface area contributed by atoms with Gasteiger partial charge < -0.3 is 19.5 Å². The number of hydrogen-bond donors (Lipinski definition) is 1. The lowest BCUT2D eigenvalue weighted by Crippen LogP contribution is -2.30. The number of carbonyl (C=O) groups excluding carboxylic acids is 2. The van der Waals surface area contributed by atoms with Gasteiger partial charge in [-0.15, -0.1) is 11.3 Å². The van der Waals surface area contributed by atoms with Crippen LogP contribution in [0.5, 0.6) is 11.5 Å². The molecule has 34 heavy (non-hydrogen) atoms. The second-order valence-corrected chi connectivity index (χ2v) is 8.91. The summed E-state index contributed by atoms with van der Waals surface area (Å²) >= 11 is 7.48. The number of rotatable bonds is 9. The standard InChI is InChI=1S/C26H28ClNO5S/c1-6-31-19-10-8-18(9-11-19)21-14-34-25(22(21)26(30)32-7-2)28-24(29)17(5)33-20-12-15(3)23(27)16(4)13-20/h8-14,17H,6-7H2,1-5H3,(H,28,29). The normalized spacial score (nSPS) is 11.6. The first kappa shape index (κ1) is 25.6. The summed E-state index contributed by atoms with van der Waals surface area (Å²) < 4.78 is 16.6. The fourth-order valence-corrected chi connectivity index (χ4v) is 4.48. The Kier molecular flexibility index (Phi) is 8.58. The fourth-order valence-electron chi connectivity index (χ4n) is 3.41. The number of halogens is 1. The molecular weight excluding hydrogens is 474 g/mol. The molecule has 1 atom stereocenters. The van der Waals surface area contributed by atoms with Crippen LogP contribution < -0.4 is 14.8 Å². The number of aryl methyl sites for hydroxylation is 2. The Morgan fingerprint density at radius 1 is 1.03 bits per heavy atom. The topological polar surface area (TPSA) is 73.9 Å². The van der Waals surface area contributed by atoms with Crippen LogP contribution in [-0.2, 0) is 9.53 Å². The van der Waals surface area contributed by atoms with Gasteiger partial charge in [0, 0.05) is 16.0 Å². The van der Waals surface area contributed by atoms with Crippen molar-refractivity contribution in [3.05, 3.63) is 63.5 Å². The Morgan fingerprint density at radius 2 is 1.68 bits per heavy atom. The van der Waals surface area contributed by atoms with E-state index in [-0.39, 0.29) is 12.5 Å². The number of esters is 1. The Balaban J connectivity index is 1.84. The minimum atomic E-state index is -0.800. The van der Waals surface area contributed by atoms with Crippen molar-refractivity contribution in [2.24, 2.45) is 0 Å². The van der Waals surface area contributed by atoms with Crippen molar-refractivity contribution in [3.8, 4) is 22.6 Å². The molecule has 0 spiro atoms. The summed E-state index contributed by atoms with van der Waals surface area (Å²) in [6, 6.07) is 11.0. The van der Waals surface area contributed by atoms with Gasteiger partial charge in [0.15, 0.2) is 6.10 Å². The molecule has 2 aromatic carbocycles. The maximum atomic E-state index is 12.9. The van der Waals surface area contributed by atoms with Gasteiger partial charge in [-0.05, 0) is 75.6 Å². The van der Waals surface area contributed by atoms with E-state index < -0.39 is 12.1 Å². The first-order chi connectivity index (χ1) is 16.2. The molecule has 6 nitrogen and oxygen atoms in total. The van der Waals surface area contributed by atoms with Gasteiger partial charge in [0.25, 0.3) is 5.91 Å². The van der Waals surface area contributed by atoms with Crippen molar-refractivity contribution in [1.29, 1.82) is 0 Å². The number of hydrogen-bond acceptors (Lipinski definition) is 6. The van der Waals surface area contributed by atoms with Crippen LogP contribution in [0.15, 0.2) is 41.8 Å². The van der Waals surface area contributed by atoms with Gasteiger partial charge in [-0.2, -0.15) is 0 Å². The third-order valence-electron chi connectivity index (χ3n) is 5.08. The first-order valence-electron chi connectivity index (χ1n) is 11.0. The third kappa shape index (κ3) is 5.90. The van der Waals surface area contributed by atoms with Crippen molar-refractivity contribution >= 4 is 39.8 Å². The molecule has 0 radical (unpaired) electrons. The largest absolute Gasteiger partial charge is 0.494 e. The summed E-state index contributed by atoms with van der Waals surface area (Å²) in [5.41, 5.74) is 3.55. The zero-order chi connectivity index (χ0) is 24.8. The van der Waals surface area contributed by atoms with Crippen molar-refractivity contribution in [2.75, 3.05) is 18.5 Å². The second kappa shape index (κ2) is 11.4. The van der Waals surface area contributed by atoms with Gasteiger partial charge in [-0.1, -0.05) is 23.7 Å². The molecule has 0 saturated carbocycles. The highest BCUT2D eigenvalue weighted by Crippen LogP contribution is 2.37. The van der Waals surface area contributed by atoms with Crippen LogP contribution in [0.4, 0.5) is 5.00 Å². The summed E-state index contributed by atoms with van der Waals surface area (Å²) in [7, 11) is 0. The lowest BCUT2D eigenvalue weighted by Gasteiger charge is -2.16. The summed E-state index contributed by atoms with van der Waals surface area (Å²) in [5.74, 6) is 0.414. The van der Waals surface area contributed by atoms with Crippen molar-refractivity contribution in [1.82, 2.24) is 0 Å². The number of ether oxygens (including phenoxy) is 3. The van der Waals surface area contributed by atoms with Crippen LogP contribution >= 0.6 is 22.9 Å². The Bertz CT molecular complexity index is 1150. The molecule has 3 rings (SSSR count). The molecule has 1 heterocycles. The zero-order valence-electron chi connectivity index (χ0n) is 19.9. The molecule has 1 N–H and O–H groups in total. The van der Waals surface area contributed by atoms with E-state index in [0.29, 0.717) is 33.5 Å². The molecule has 0 bridgehead atoms. The van der Waals surface area contributed by atoms with Crippen LogP contribution in [-0.4, -0.2) is 31.2 Å². The Labute approximate surface area is 208 Å². The van der Waals surface area contributed by atoms with Crippen LogP contribution in [0.2, 0.25) is 5.02 Å². The van der Waals surface area contributed by atoms with Crippen LogP contribution in [0, 0.1) is 13.8 Å². The zero-order valence-corrected chi connectivity index (χ0v) is 21.4. The lowest BCUT2D eigenvalue weighted by molar-refractivity contribution is -0.122. The van der Waals surface area contributed by atoms with Gasteiger partial charge in [0.1, 0.15) is 22.1 Å². The minimum absolute atomic E-state index is 0.222. The van der Waals surface area contributed by atoms with Crippen molar-refractivity contribution in [3.63, 3.8) is 0 Å². The van der Waals surface area contributed by atoms with Gasteiger partial charge in [0.2, 0.25) is 0 Å². The number of amides is 1. The quantitative estimate of drug-likeness (QED) is 0.331. The molecule has 1 aromatic heterocycles. The van der Waals surface area contributed by atoms with Crippen LogP contribution in [0.1, 0.15) is 42.3 Å². The monoisotopic (exact) mass is 501 g/mol. The fraction of sp³-hybridized carbons (Fsp3) is 0.308. The highest BCUT2D eigenvalue weighted by atomic mass is 35.5. The van der Waals surface area contributed by atoms with Gasteiger partial charge in [-0.25, -0.2) is 4.79 Å². The van der Waals surface area contributed by atoms with Gasteiger partial charge in [-0.3, -0.25) is 4.79 Å². The molecule has 8 heteroatoms. The van der Waals surface area contributed by atoms with Crippen molar-refractivity contribution < 1.29 is 23.8 Å². The summed E-state index contributed by atoms with van der Waals surface area (Å²) in [6.07, 6.45) is -0.800. The molecule has 0 aliphatic rings. The molecular formula is C26H28ClNO5S. The predicted octanol–water partition coefficient (Wildman–Crippen LogP) is 6.67. The van der Waals surface area contributed by atoms with Gasteiger partial charge >= 0.3 is 5.97 Å². The van der Waals surface area contributed by atoms with E-state index in [1.165, 1.54) is 11.3 Å². The van der Waals surface area contributed by atoms with Crippen LogP contribution in [0.25, 0.3) is 11.1 Å².